The van der Waals surface area contributed by atoms with Crippen LogP contribution in [0.4, 0.5) is 10.5 Å². The first-order valence-corrected chi connectivity index (χ1v) is 3.76. The lowest BCUT2D eigenvalue weighted by molar-refractivity contribution is 0.112. The first-order valence-electron chi connectivity index (χ1n) is 3.76. The normalized spacial score (nSPS) is 9.31. The number of hydrogen-bond acceptors (Lipinski definition) is 2. The smallest absolute Gasteiger partial charge is 0.316 e. The van der Waals surface area contributed by atoms with Gasteiger partial charge in [0.05, 0.1) is 0 Å². The maximum Gasteiger partial charge on any atom is 0.316 e. The molecule has 0 aliphatic heterocycles. The van der Waals surface area contributed by atoms with E-state index in [0.29, 0.717) is 11.3 Å². The van der Waals surface area contributed by atoms with Gasteiger partial charge in [0.1, 0.15) is 6.29 Å². The van der Waals surface area contributed by atoms with Crippen molar-refractivity contribution in [3.05, 3.63) is 29.3 Å². The lowest BCUT2D eigenvalue weighted by atomic mass is 10.1. The van der Waals surface area contributed by atoms with E-state index in [9.17, 15) is 9.59 Å². The molecule has 1 aromatic rings. The van der Waals surface area contributed by atoms with Gasteiger partial charge in [-0.25, -0.2) is 4.79 Å². The number of amides is 2. The van der Waals surface area contributed by atoms with Crippen molar-refractivity contribution < 1.29 is 9.59 Å². The highest BCUT2D eigenvalue weighted by Gasteiger charge is 2.00. The van der Waals surface area contributed by atoms with Crippen LogP contribution in [0, 0.1) is 6.92 Å². The molecule has 0 spiro atoms. The van der Waals surface area contributed by atoms with E-state index < -0.39 is 6.03 Å². The van der Waals surface area contributed by atoms with Crippen LogP contribution in [0.15, 0.2) is 18.2 Å². The van der Waals surface area contributed by atoms with Crippen molar-refractivity contribution in [2.24, 2.45) is 5.73 Å². The van der Waals surface area contributed by atoms with Crippen molar-refractivity contribution in [2.45, 2.75) is 6.92 Å². The number of benzene rings is 1. The van der Waals surface area contributed by atoms with Gasteiger partial charge >= 0.3 is 6.03 Å². The highest BCUT2D eigenvalue weighted by molar-refractivity contribution is 5.89. The lowest BCUT2D eigenvalue weighted by Crippen LogP contribution is -2.19. The second kappa shape index (κ2) is 3.71. The first kappa shape index (κ1) is 9.25. The molecule has 4 heteroatoms. The lowest BCUT2D eigenvalue weighted by Gasteiger charge is -2.05. The fourth-order valence-corrected chi connectivity index (χ4v) is 1.03. The Labute approximate surface area is 75.7 Å². The number of carbonyl (C=O) groups is 2. The molecule has 68 valence electrons. The third-order valence-electron chi connectivity index (χ3n) is 1.64. The van der Waals surface area contributed by atoms with Gasteiger partial charge in [-0.1, -0.05) is 0 Å². The van der Waals surface area contributed by atoms with Gasteiger partial charge in [-0.3, -0.25) is 4.79 Å². The summed E-state index contributed by atoms with van der Waals surface area (Å²) in [6.45, 7) is 1.79. The minimum absolute atomic E-state index is 0.576. The Morgan fingerprint density at radius 1 is 1.54 bits per heavy atom. The maximum atomic E-state index is 10.5. The summed E-state index contributed by atoms with van der Waals surface area (Å²) in [7, 11) is 0. The van der Waals surface area contributed by atoms with E-state index in [0.717, 1.165) is 11.8 Å². The zero-order valence-corrected chi connectivity index (χ0v) is 7.20. The molecule has 4 nitrogen and oxygen atoms in total. The van der Waals surface area contributed by atoms with Crippen LogP contribution in [0.2, 0.25) is 0 Å². The second-order valence-electron chi connectivity index (χ2n) is 2.68. The van der Waals surface area contributed by atoms with Crippen molar-refractivity contribution in [3.8, 4) is 0 Å². The summed E-state index contributed by atoms with van der Waals surface area (Å²) in [5.41, 5.74) is 6.95. The summed E-state index contributed by atoms with van der Waals surface area (Å²) < 4.78 is 0. The molecule has 0 saturated heterocycles. The number of nitrogens with two attached hydrogens (primary N) is 1. The van der Waals surface area contributed by atoms with Gasteiger partial charge in [0.25, 0.3) is 0 Å². The summed E-state index contributed by atoms with van der Waals surface area (Å²) in [5, 5.41) is 2.45. The third kappa shape index (κ3) is 2.30. The zero-order chi connectivity index (χ0) is 9.84. The fraction of sp³-hybridized carbons (Fsp3) is 0.111. The standard InChI is InChI=1S/C9H10N2O2/c1-6-4-7(5-12)2-3-8(6)11-9(10)13/h2-5H,1H3,(H3,10,11,13). The predicted molar refractivity (Wildman–Crippen MR) is 49.8 cm³/mol. The van der Waals surface area contributed by atoms with Crippen LogP contribution in [0.5, 0.6) is 0 Å². The summed E-state index contributed by atoms with van der Waals surface area (Å²) in [5.74, 6) is 0. The van der Waals surface area contributed by atoms with E-state index in [4.69, 9.17) is 5.73 Å². The van der Waals surface area contributed by atoms with Gasteiger partial charge in [-0.2, -0.15) is 0 Å². The van der Waals surface area contributed by atoms with Crippen LogP contribution >= 0.6 is 0 Å². The largest absolute Gasteiger partial charge is 0.351 e. The molecule has 0 bridgehead atoms. The number of nitrogens with one attached hydrogen (secondary N) is 1. The Kier molecular flexibility index (Phi) is 2.64. The van der Waals surface area contributed by atoms with Crippen molar-refractivity contribution in [3.63, 3.8) is 0 Å². The Hall–Kier alpha value is -1.84. The highest BCUT2D eigenvalue weighted by atomic mass is 16.2. The maximum absolute atomic E-state index is 10.5. The predicted octanol–water partition coefficient (Wildman–Crippen LogP) is 1.30. The monoisotopic (exact) mass is 178 g/mol. The van der Waals surface area contributed by atoms with Crippen LogP contribution in [0.3, 0.4) is 0 Å². The number of carbonyl (C=O) groups excluding carboxylic acids is 2. The van der Waals surface area contributed by atoms with Gasteiger partial charge in [-0.05, 0) is 30.7 Å². The molecule has 0 radical (unpaired) electrons. The number of urea groups is 1. The van der Waals surface area contributed by atoms with E-state index >= 15 is 0 Å². The van der Waals surface area contributed by atoms with Gasteiger partial charge in [0.15, 0.2) is 0 Å². The number of primary amides is 1. The number of anilines is 1. The molecule has 0 fully saturated rings. The Bertz CT molecular complexity index is 347. The first-order chi connectivity index (χ1) is 6.13. The summed E-state index contributed by atoms with van der Waals surface area (Å²) >= 11 is 0. The number of aryl methyl sites for hydroxylation is 1. The molecule has 0 atom stereocenters. The van der Waals surface area contributed by atoms with Gasteiger partial charge < -0.3 is 11.1 Å². The molecule has 1 aromatic carbocycles. The number of rotatable bonds is 2. The summed E-state index contributed by atoms with van der Waals surface area (Å²) in [6.07, 6.45) is 0.751. The molecule has 0 aromatic heterocycles. The Morgan fingerprint density at radius 2 is 2.23 bits per heavy atom. The summed E-state index contributed by atoms with van der Waals surface area (Å²) in [6, 6.07) is 4.33. The van der Waals surface area contributed by atoms with Crippen LogP contribution in [0.25, 0.3) is 0 Å². The third-order valence-corrected chi connectivity index (χ3v) is 1.64. The molecular formula is C9H10N2O2. The molecule has 3 N–H and O–H groups in total. The van der Waals surface area contributed by atoms with Crippen LogP contribution in [-0.2, 0) is 0 Å². The van der Waals surface area contributed by atoms with Crippen LogP contribution in [0.1, 0.15) is 15.9 Å². The van der Waals surface area contributed by atoms with Crippen LogP contribution in [-0.4, -0.2) is 12.3 Å². The van der Waals surface area contributed by atoms with Crippen molar-refractivity contribution in [2.75, 3.05) is 5.32 Å². The second-order valence-corrected chi connectivity index (χ2v) is 2.68. The molecule has 0 aliphatic carbocycles. The summed E-state index contributed by atoms with van der Waals surface area (Å²) in [4.78, 5) is 20.9. The molecular weight excluding hydrogens is 168 g/mol. The average Bonchev–Trinajstić information content (AvgIpc) is 2.08. The molecule has 0 saturated carbocycles. The molecule has 0 unspecified atom stereocenters. The minimum Gasteiger partial charge on any atom is -0.351 e. The SMILES string of the molecule is Cc1cc(C=O)ccc1NC(N)=O. The quantitative estimate of drug-likeness (QED) is 0.670. The van der Waals surface area contributed by atoms with Gasteiger partial charge in [0.2, 0.25) is 0 Å². The van der Waals surface area contributed by atoms with E-state index in [2.05, 4.69) is 5.32 Å². The number of aldehydes is 1. The van der Waals surface area contributed by atoms with Crippen molar-refractivity contribution in [1.82, 2.24) is 0 Å². The minimum atomic E-state index is -0.609. The van der Waals surface area contributed by atoms with Crippen molar-refractivity contribution in [1.29, 1.82) is 0 Å². The Morgan fingerprint density at radius 3 is 2.69 bits per heavy atom. The van der Waals surface area contributed by atoms with E-state index in [1.807, 2.05) is 0 Å². The fourth-order valence-electron chi connectivity index (χ4n) is 1.03. The van der Waals surface area contributed by atoms with Crippen LogP contribution < -0.4 is 11.1 Å². The van der Waals surface area contributed by atoms with Gasteiger partial charge in [-0.15, -0.1) is 0 Å². The van der Waals surface area contributed by atoms with Gasteiger partial charge in [0, 0.05) is 11.3 Å². The van der Waals surface area contributed by atoms with E-state index in [-0.39, 0.29) is 0 Å². The molecule has 0 heterocycles. The van der Waals surface area contributed by atoms with E-state index in [1.165, 1.54) is 0 Å². The molecule has 0 aliphatic rings. The highest BCUT2D eigenvalue weighted by Crippen LogP contribution is 2.14. The van der Waals surface area contributed by atoms with Crippen molar-refractivity contribution >= 4 is 18.0 Å². The molecule has 13 heavy (non-hydrogen) atoms. The Balaban J connectivity index is 2.98. The molecule has 1 rings (SSSR count). The zero-order valence-electron chi connectivity index (χ0n) is 7.20. The molecule has 2 amide bonds. The number of hydrogen-bond donors (Lipinski definition) is 2. The topological polar surface area (TPSA) is 72.2 Å². The van der Waals surface area contributed by atoms with E-state index in [1.54, 1.807) is 25.1 Å². The average molecular weight is 178 g/mol.